The molecule has 11 aromatic rings. The van der Waals surface area contributed by atoms with Gasteiger partial charge in [0, 0.05) is 55.0 Å². The van der Waals surface area contributed by atoms with Crippen molar-refractivity contribution in [2.45, 2.75) is 19.3 Å². The van der Waals surface area contributed by atoms with Gasteiger partial charge in [0.05, 0.1) is 33.5 Å². The lowest BCUT2D eigenvalue weighted by Crippen LogP contribution is -2.14. The molecule has 3 aromatic heterocycles. The molecule has 0 aliphatic heterocycles. The predicted octanol–water partition coefficient (Wildman–Crippen LogP) is 14.0. The van der Waals surface area contributed by atoms with Gasteiger partial charge in [0.2, 0.25) is 0 Å². The summed E-state index contributed by atoms with van der Waals surface area (Å²) < 4.78 is 4.82. The van der Waals surface area contributed by atoms with E-state index in [0.717, 1.165) is 61.5 Å². The van der Waals surface area contributed by atoms with Crippen LogP contribution in [-0.2, 0) is 5.41 Å². The van der Waals surface area contributed by atoms with Crippen LogP contribution in [0.1, 0.15) is 25.0 Å². The van der Waals surface area contributed by atoms with Gasteiger partial charge in [-0.25, -0.2) is 9.97 Å². The van der Waals surface area contributed by atoms with E-state index in [0.29, 0.717) is 5.82 Å². The summed E-state index contributed by atoms with van der Waals surface area (Å²) in [4.78, 5) is 10.9. The molecule has 3 heterocycles. The Bertz CT molecular complexity index is 3240. The number of aromatic nitrogens is 4. The molecule has 12 rings (SSSR count). The Morgan fingerprint density at radius 1 is 0.373 bits per heavy atom. The van der Waals surface area contributed by atoms with Gasteiger partial charge in [-0.2, -0.15) is 0 Å². The monoisotopic (exact) mass is 754 g/mol. The third kappa shape index (κ3) is 5.03. The van der Waals surface area contributed by atoms with Crippen LogP contribution in [0, 0.1) is 0 Å². The summed E-state index contributed by atoms with van der Waals surface area (Å²) in [5, 5.41) is 4.90. The number of hydrogen-bond acceptors (Lipinski definition) is 2. The molecular formula is C55H38N4. The molecule has 0 fully saturated rings. The summed E-state index contributed by atoms with van der Waals surface area (Å²) in [6.45, 7) is 4.65. The minimum atomic E-state index is -0.143. The SMILES string of the molecule is CC1(C)c2ccccc2-c2c(-c3nc(-c4ccccc4)cc(-c4cc(-n5c6ccccc6c6ccccc65)cc(-n5c6ccccc6c6ccccc65)c4)n3)cccc21. The average molecular weight is 755 g/mol. The van der Waals surface area contributed by atoms with Crippen LogP contribution >= 0.6 is 0 Å². The Balaban J connectivity index is 1.18. The van der Waals surface area contributed by atoms with Crippen molar-refractivity contribution in [3.63, 3.8) is 0 Å². The molecule has 0 saturated carbocycles. The summed E-state index contributed by atoms with van der Waals surface area (Å²) in [5.74, 6) is 0.714. The largest absolute Gasteiger partial charge is 0.309 e. The highest BCUT2D eigenvalue weighted by Gasteiger charge is 2.37. The van der Waals surface area contributed by atoms with E-state index >= 15 is 0 Å². The maximum atomic E-state index is 5.56. The summed E-state index contributed by atoms with van der Waals surface area (Å²) in [6.07, 6.45) is 0. The molecule has 4 nitrogen and oxygen atoms in total. The second-order valence-corrected chi connectivity index (χ2v) is 16.2. The summed E-state index contributed by atoms with van der Waals surface area (Å²) in [7, 11) is 0. The number of rotatable bonds is 5. The van der Waals surface area contributed by atoms with Gasteiger partial charge in [0.25, 0.3) is 0 Å². The quantitative estimate of drug-likeness (QED) is 0.175. The normalized spacial score (nSPS) is 13.1. The average Bonchev–Trinajstić information content (AvgIpc) is 3.90. The first kappa shape index (κ1) is 33.6. The number of fused-ring (bicyclic) bond motifs is 9. The fourth-order valence-corrected chi connectivity index (χ4v) is 9.82. The van der Waals surface area contributed by atoms with Gasteiger partial charge in [-0.1, -0.05) is 159 Å². The van der Waals surface area contributed by atoms with Crippen molar-refractivity contribution in [3.05, 3.63) is 205 Å². The van der Waals surface area contributed by atoms with Crippen molar-refractivity contribution in [3.8, 4) is 56.4 Å². The van der Waals surface area contributed by atoms with Crippen LogP contribution in [0.3, 0.4) is 0 Å². The Morgan fingerprint density at radius 2 is 0.814 bits per heavy atom. The van der Waals surface area contributed by atoms with Gasteiger partial charge < -0.3 is 9.13 Å². The smallest absolute Gasteiger partial charge is 0.161 e. The van der Waals surface area contributed by atoms with Crippen LogP contribution in [-0.4, -0.2) is 19.1 Å². The molecule has 59 heavy (non-hydrogen) atoms. The fourth-order valence-electron chi connectivity index (χ4n) is 9.82. The van der Waals surface area contributed by atoms with Crippen molar-refractivity contribution in [2.75, 3.05) is 0 Å². The molecule has 0 N–H and O–H groups in total. The van der Waals surface area contributed by atoms with Gasteiger partial charge in [0.15, 0.2) is 5.82 Å². The lowest BCUT2D eigenvalue weighted by molar-refractivity contribution is 0.660. The summed E-state index contributed by atoms with van der Waals surface area (Å²) in [5.41, 5.74) is 16.6. The molecule has 278 valence electrons. The first-order chi connectivity index (χ1) is 29.0. The topological polar surface area (TPSA) is 35.6 Å². The summed E-state index contributed by atoms with van der Waals surface area (Å²) in [6, 6.07) is 70.0. The number of hydrogen-bond donors (Lipinski definition) is 0. The number of nitrogens with zero attached hydrogens (tertiary/aromatic N) is 4. The highest BCUT2D eigenvalue weighted by atomic mass is 15.0. The van der Waals surface area contributed by atoms with Crippen LogP contribution in [0.15, 0.2) is 194 Å². The minimum absolute atomic E-state index is 0.143. The molecule has 0 saturated heterocycles. The van der Waals surface area contributed by atoms with Crippen LogP contribution in [0.4, 0.5) is 0 Å². The second kappa shape index (κ2) is 12.7. The molecule has 4 heteroatoms. The highest BCUT2D eigenvalue weighted by Crippen LogP contribution is 2.52. The maximum absolute atomic E-state index is 5.56. The molecule has 8 aromatic carbocycles. The van der Waals surface area contributed by atoms with Crippen LogP contribution in [0.5, 0.6) is 0 Å². The maximum Gasteiger partial charge on any atom is 0.161 e. The molecule has 0 bridgehead atoms. The third-order valence-electron chi connectivity index (χ3n) is 12.5. The fraction of sp³-hybridized carbons (Fsp3) is 0.0545. The number of benzene rings is 8. The molecule has 0 atom stereocenters. The molecular weight excluding hydrogens is 717 g/mol. The van der Waals surface area contributed by atoms with E-state index in [1.54, 1.807) is 0 Å². The van der Waals surface area contributed by atoms with Crippen LogP contribution in [0.2, 0.25) is 0 Å². The van der Waals surface area contributed by atoms with Gasteiger partial charge in [-0.05, 0) is 70.8 Å². The van der Waals surface area contributed by atoms with Crippen molar-refractivity contribution >= 4 is 43.6 Å². The van der Waals surface area contributed by atoms with E-state index in [4.69, 9.17) is 9.97 Å². The van der Waals surface area contributed by atoms with E-state index in [1.165, 1.54) is 43.8 Å². The van der Waals surface area contributed by atoms with E-state index < -0.39 is 0 Å². The zero-order valence-corrected chi connectivity index (χ0v) is 32.8. The van der Waals surface area contributed by atoms with Crippen LogP contribution < -0.4 is 0 Å². The molecule has 0 unspecified atom stereocenters. The predicted molar refractivity (Wildman–Crippen MR) is 245 cm³/mol. The van der Waals surface area contributed by atoms with E-state index in [-0.39, 0.29) is 5.41 Å². The van der Waals surface area contributed by atoms with E-state index in [2.05, 4.69) is 217 Å². The molecule has 0 spiro atoms. The van der Waals surface area contributed by atoms with E-state index in [1.807, 2.05) is 0 Å². The van der Waals surface area contributed by atoms with Crippen LogP contribution in [0.25, 0.3) is 100 Å². The molecule has 1 aliphatic rings. The minimum Gasteiger partial charge on any atom is -0.309 e. The lowest BCUT2D eigenvalue weighted by atomic mass is 9.82. The first-order valence-corrected chi connectivity index (χ1v) is 20.3. The zero-order chi connectivity index (χ0) is 39.2. The Hall–Kier alpha value is -7.56. The number of para-hydroxylation sites is 4. The zero-order valence-electron chi connectivity index (χ0n) is 32.8. The van der Waals surface area contributed by atoms with Crippen molar-refractivity contribution in [1.29, 1.82) is 0 Å². The van der Waals surface area contributed by atoms with Gasteiger partial charge in [0.1, 0.15) is 0 Å². The molecule has 1 aliphatic carbocycles. The van der Waals surface area contributed by atoms with E-state index in [9.17, 15) is 0 Å². The third-order valence-corrected chi connectivity index (χ3v) is 12.5. The summed E-state index contributed by atoms with van der Waals surface area (Å²) >= 11 is 0. The standard InChI is InChI=1S/C55H38N4/c1-55(2)45-25-11-6-23-43(45)53-44(24-16-26-46(53)55)54-56-47(35-17-4-3-5-18-35)34-48(57-54)36-31-37(58-49-27-12-7-19-39(49)40-20-8-13-28-50(40)58)33-38(32-36)59-51-29-14-9-21-41(51)42-22-10-15-30-52(42)59/h3-34H,1-2H3. The first-order valence-electron chi connectivity index (χ1n) is 20.3. The van der Waals surface area contributed by atoms with Gasteiger partial charge >= 0.3 is 0 Å². The highest BCUT2D eigenvalue weighted by molar-refractivity contribution is 6.10. The molecule has 0 radical (unpaired) electrons. The Morgan fingerprint density at radius 3 is 1.37 bits per heavy atom. The lowest BCUT2D eigenvalue weighted by Gasteiger charge is -2.21. The van der Waals surface area contributed by atoms with Crippen molar-refractivity contribution in [2.24, 2.45) is 0 Å². The van der Waals surface area contributed by atoms with Gasteiger partial charge in [-0.15, -0.1) is 0 Å². The Labute approximate surface area is 342 Å². The Kier molecular flexibility index (Phi) is 7.24. The van der Waals surface area contributed by atoms with Gasteiger partial charge in [-0.3, -0.25) is 0 Å². The second-order valence-electron chi connectivity index (χ2n) is 16.2. The molecule has 0 amide bonds. The van der Waals surface area contributed by atoms with Crippen molar-refractivity contribution in [1.82, 2.24) is 19.1 Å². The van der Waals surface area contributed by atoms with Crippen molar-refractivity contribution < 1.29 is 0 Å².